The van der Waals surface area contributed by atoms with Crippen LogP contribution in [0, 0.1) is 13.8 Å². The Morgan fingerprint density at radius 2 is 1.95 bits per heavy atom. The maximum Gasteiger partial charge on any atom is 0.211 e. The zero-order chi connectivity index (χ0) is 16.2. The molecule has 0 amide bonds. The molecule has 2 N–H and O–H groups in total. The van der Waals surface area contributed by atoms with Gasteiger partial charge in [-0.3, -0.25) is 0 Å². The van der Waals surface area contributed by atoms with Gasteiger partial charge in [-0.15, -0.1) is 10.2 Å². The van der Waals surface area contributed by atoms with Crippen LogP contribution in [0.2, 0.25) is 0 Å². The number of hydrogen-bond acceptors (Lipinski definition) is 6. The Hall–Kier alpha value is -2.00. The first-order valence-corrected chi connectivity index (χ1v) is 8.65. The second-order valence-corrected chi connectivity index (χ2v) is 6.94. The minimum Gasteiger partial charge on any atom is -0.367 e. The summed E-state index contributed by atoms with van der Waals surface area (Å²) < 4.78 is 26.7. The van der Waals surface area contributed by atoms with E-state index in [1.165, 1.54) is 0 Å². The molecule has 8 nitrogen and oxygen atoms in total. The topological polar surface area (TPSA) is 102 Å². The van der Waals surface area contributed by atoms with Crippen molar-refractivity contribution in [3.63, 3.8) is 0 Å². The van der Waals surface area contributed by atoms with Crippen molar-refractivity contribution in [2.45, 2.75) is 20.8 Å². The van der Waals surface area contributed by atoms with Crippen LogP contribution in [-0.4, -0.2) is 47.2 Å². The van der Waals surface area contributed by atoms with Gasteiger partial charge in [0.15, 0.2) is 5.82 Å². The Labute approximate surface area is 130 Å². The lowest BCUT2D eigenvalue weighted by Crippen LogP contribution is -2.30. The van der Waals surface area contributed by atoms with E-state index in [9.17, 15) is 8.42 Å². The molecule has 0 saturated carbocycles. The van der Waals surface area contributed by atoms with E-state index >= 15 is 0 Å². The Bertz CT molecular complexity index is 723. The number of nitrogens with zero attached hydrogens (tertiary/aromatic N) is 4. The van der Waals surface area contributed by atoms with E-state index in [0.717, 1.165) is 11.4 Å². The predicted octanol–water partition coefficient (Wildman–Crippen LogP) is 0.630. The van der Waals surface area contributed by atoms with Gasteiger partial charge in [0.2, 0.25) is 10.0 Å². The number of sulfonamides is 1. The largest absolute Gasteiger partial charge is 0.367 e. The number of aromatic nitrogens is 4. The Balaban J connectivity index is 1.91. The van der Waals surface area contributed by atoms with Crippen LogP contribution in [0.1, 0.15) is 18.3 Å². The number of aryl methyl sites for hydroxylation is 2. The molecule has 0 bridgehead atoms. The maximum absolute atomic E-state index is 11.3. The van der Waals surface area contributed by atoms with Crippen LogP contribution in [0.25, 0.3) is 5.82 Å². The molecular weight excluding hydrogens is 304 g/mol. The molecule has 2 rings (SSSR count). The van der Waals surface area contributed by atoms with E-state index in [1.807, 2.05) is 26.0 Å². The first kappa shape index (κ1) is 16.4. The molecule has 9 heteroatoms. The maximum atomic E-state index is 11.3. The fourth-order valence-corrected chi connectivity index (χ4v) is 2.51. The van der Waals surface area contributed by atoms with Crippen LogP contribution in [0.4, 0.5) is 5.82 Å². The molecule has 2 aromatic heterocycles. The highest BCUT2D eigenvalue weighted by Gasteiger charge is 2.07. The summed E-state index contributed by atoms with van der Waals surface area (Å²) in [6, 6.07) is 5.56. The molecule has 0 atom stereocenters. The van der Waals surface area contributed by atoms with Crippen molar-refractivity contribution >= 4 is 15.8 Å². The molecule has 0 spiro atoms. The van der Waals surface area contributed by atoms with Crippen LogP contribution in [0.5, 0.6) is 0 Å². The van der Waals surface area contributed by atoms with Crippen LogP contribution in [0.15, 0.2) is 18.2 Å². The summed E-state index contributed by atoms with van der Waals surface area (Å²) in [5.41, 5.74) is 1.91. The summed E-state index contributed by atoms with van der Waals surface area (Å²) in [6.45, 7) is 6.21. The molecule has 0 aliphatic carbocycles. The van der Waals surface area contributed by atoms with Gasteiger partial charge in [-0.1, -0.05) is 0 Å². The monoisotopic (exact) mass is 324 g/mol. The van der Waals surface area contributed by atoms with Crippen molar-refractivity contribution in [1.29, 1.82) is 0 Å². The quantitative estimate of drug-likeness (QED) is 0.724. The number of rotatable bonds is 7. The molecule has 120 valence electrons. The lowest BCUT2D eigenvalue weighted by atomic mass is 10.4. The van der Waals surface area contributed by atoms with Gasteiger partial charge in [0.05, 0.1) is 11.4 Å². The standard InChI is InChI=1S/C13H20N6O2S/c1-4-22(20,21)15-8-7-14-12-5-6-13(17-16-12)19-11(3)9-10(2)18-19/h5-6,9,15H,4,7-8H2,1-3H3,(H,14,16). The van der Waals surface area contributed by atoms with E-state index in [4.69, 9.17) is 0 Å². The fraction of sp³-hybridized carbons (Fsp3) is 0.462. The normalized spacial score (nSPS) is 11.6. The molecule has 0 aliphatic rings. The fourth-order valence-electron chi connectivity index (χ4n) is 1.89. The Morgan fingerprint density at radius 3 is 2.50 bits per heavy atom. The van der Waals surface area contributed by atoms with Crippen molar-refractivity contribution < 1.29 is 8.42 Å². The van der Waals surface area contributed by atoms with Crippen molar-refractivity contribution in [3.05, 3.63) is 29.6 Å². The molecule has 0 aromatic carbocycles. The second kappa shape index (κ2) is 6.84. The lowest BCUT2D eigenvalue weighted by Gasteiger charge is -2.07. The van der Waals surface area contributed by atoms with Gasteiger partial charge >= 0.3 is 0 Å². The molecule has 2 aromatic rings. The van der Waals surface area contributed by atoms with Crippen LogP contribution >= 0.6 is 0 Å². The molecule has 0 unspecified atom stereocenters. The summed E-state index contributed by atoms with van der Waals surface area (Å²) in [7, 11) is -3.16. The van der Waals surface area contributed by atoms with Gasteiger partial charge < -0.3 is 5.32 Å². The number of nitrogens with one attached hydrogen (secondary N) is 2. The predicted molar refractivity (Wildman–Crippen MR) is 84.6 cm³/mol. The van der Waals surface area contributed by atoms with E-state index < -0.39 is 10.0 Å². The third-order valence-corrected chi connectivity index (χ3v) is 4.41. The van der Waals surface area contributed by atoms with Crippen molar-refractivity contribution in [2.24, 2.45) is 0 Å². The average molecular weight is 324 g/mol. The van der Waals surface area contributed by atoms with E-state index in [0.29, 0.717) is 24.7 Å². The van der Waals surface area contributed by atoms with Gasteiger partial charge in [0, 0.05) is 18.8 Å². The summed E-state index contributed by atoms with van der Waals surface area (Å²) in [6.07, 6.45) is 0. The number of anilines is 1. The molecule has 0 radical (unpaired) electrons. The molecular formula is C13H20N6O2S. The molecule has 0 fully saturated rings. The minimum absolute atomic E-state index is 0.0736. The highest BCUT2D eigenvalue weighted by Crippen LogP contribution is 2.10. The van der Waals surface area contributed by atoms with E-state index in [2.05, 4.69) is 25.3 Å². The highest BCUT2D eigenvalue weighted by atomic mass is 32.2. The molecule has 0 saturated heterocycles. The summed E-state index contributed by atoms with van der Waals surface area (Å²) >= 11 is 0. The smallest absolute Gasteiger partial charge is 0.211 e. The second-order valence-electron chi connectivity index (χ2n) is 4.84. The lowest BCUT2D eigenvalue weighted by molar-refractivity contribution is 0.584. The molecule has 0 aliphatic heterocycles. The van der Waals surface area contributed by atoms with Crippen molar-refractivity contribution in [3.8, 4) is 5.82 Å². The number of hydrogen-bond donors (Lipinski definition) is 2. The van der Waals surface area contributed by atoms with Crippen LogP contribution in [0.3, 0.4) is 0 Å². The van der Waals surface area contributed by atoms with Gasteiger partial charge in [0.1, 0.15) is 5.82 Å². The average Bonchev–Trinajstić information content (AvgIpc) is 2.83. The van der Waals surface area contributed by atoms with Crippen molar-refractivity contribution in [1.82, 2.24) is 24.7 Å². The highest BCUT2D eigenvalue weighted by molar-refractivity contribution is 7.89. The zero-order valence-electron chi connectivity index (χ0n) is 12.9. The third-order valence-electron chi connectivity index (χ3n) is 3.01. The van der Waals surface area contributed by atoms with Gasteiger partial charge in [-0.2, -0.15) is 5.10 Å². The summed E-state index contributed by atoms with van der Waals surface area (Å²) in [5.74, 6) is 1.30. The first-order valence-electron chi connectivity index (χ1n) is 7.00. The minimum atomic E-state index is -3.16. The zero-order valence-corrected chi connectivity index (χ0v) is 13.7. The van der Waals surface area contributed by atoms with E-state index in [1.54, 1.807) is 17.7 Å². The van der Waals surface area contributed by atoms with Crippen molar-refractivity contribution in [2.75, 3.05) is 24.2 Å². The van der Waals surface area contributed by atoms with Gasteiger partial charge in [0.25, 0.3) is 0 Å². The van der Waals surface area contributed by atoms with Gasteiger partial charge in [-0.05, 0) is 39.0 Å². The van der Waals surface area contributed by atoms with Crippen LogP contribution in [-0.2, 0) is 10.0 Å². The SMILES string of the molecule is CCS(=O)(=O)NCCNc1ccc(-n2nc(C)cc2C)nn1. The van der Waals surface area contributed by atoms with Gasteiger partial charge in [-0.25, -0.2) is 17.8 Å². The third kappa shape index (κ3) is 4.25. The molecule has 2 heterocycles. The summed E-state index contributed by atoms with van der Waals surface area (Å²) in [4.78, 5) is 0. The Morgan fingerprint density at radius 1 is 1.18 bits per heavy atom. The van der Waals surface area contributed by atoms with E-state index in [-0.39, 0.29) is 5.75 Å². The summed E-state index contributed by atoms with van der Waals surface area (Å²) in [5, 5.41) is 15.5. The first-order chi connectivity index (χ1) is 10.4. The van der Waals surface area contributed by atoms with Crippen LogP contribution < -0.4 is 10.0 Å². The Kier molecular flexibility index (Phi) is 5.09. The molecule has 22 heavy (non-hydrogen) atoms.